The molecule has 0 unspecified atom stereocenters. The third-order valence-corrected chi connectivity index (χ3v) is 5.22. The Morgan fingerprint density at radius 2 is 1.61 bits per heavy atom. The Morgan fingerprint density at radius 1 is 1.00 bits per heavy atom. The SMILES string of the molecule is Cc1cc(C)cc(-c2ccc(-n3cncc3C(=O)N[C@@H](C)C(C)(C)C)cc2)c1. The van der Waals surface area contributed by atoms with Gasteiger partial charge in [-0.15, -0.1) is 0 Å². The van der Waals surface area contributed by atoms with Crippen LogP contribution in [0, 0.1) is 19.3 Å². The van der Waals surface area contributed by atoms with Crippen molar-refractivity contribution < 1.29 is 4.79 Å². The number of imidazole rings is 1. The van der Waals surface area contributed by atoms with Crippen LogP contribution in [0.4, 0.5) is 0 Å². The summed E-state index contributed by atoms with van der Waals surface area (Å²) in [5.41, 5.74) is 6.30. The van der Waals surface area contributed by atoms with Crippen LogP contribution in [0.2, 0.25) is 0 Å². The fraction of sp³-hybridized carbons (Fsp3) is 0.333. The summed E-state index contributed by atoms with van der Waals surface area (Å²) in [6.07, 6.45) is 3.30. The predicted molar refractivity (Wildman–Crippen MR) is 115 cm³/mol. The van der Waals surface area contributed by atoms with Gasteiger partial charge in [0.2, 0.25) is 0 Å². The summed E-state index contributed by atoms with van der Waals surface area (Å²) >= 11 is 0. The summed E-state index contributed by atoms with van der Waals surface area (Å²) in [6.45, 7) is 12.6. The highest BCUT2D eigenvalue weighted by molar-refractivity contribution is 5.93. The molecule has 0 aliphatic heterocycles. The molecule has 0 radical (unpaired) electrons. The second kappa shape index (κ2) is 7.63. The van der Waals surface area contributed by atoms with Gasteiger partial charge in [-0.1, -0.05) is 62.2 Å². The number of benzene rings is 2. The number of nitrogens with zero attached hydrogens (tertiary/aromatic N) is 2. The zero-order valence-corrected chi connectivity index (χ0v) is 17.6. The topological polar surface area (TPSA) is 46.9 Å². The van der Waals surface area contributed by atoms with Gasteiger partial charge in [-0.2, -0.15) is 0 Å². The van der Waals surface area contributed by atoms with Crippen LogP contribution >= 0.6 is 0 Å². The van der Waals surface area contributed by atoms with Crippen molar-refractivity contribution in [2.24, 2.45) is 5.41 Å². The maximum absolute atomic E-state index is 12.7. The summed E-state index contributed by atoms with van der Waals surface area (Å²) in [6, 6.07) is 14.8. The van der Waals surface area contributed by atoms with Gasteiger partial charge in [-0.3, -0.25) is 9.36 Å². The molecule has 1 aromatic heterocycles. The lowest BCUT2D eigenvalue weighted by atomic mass is 9.88. The number of carbonyl (C=O) groups excluding carboxylic acids is 1. The molecule has 3 aromatic rings. The molecule has 0 saturated carbocycles. The second-order valence-corrected chi connectivity index (χ2v) is 8.63. The molecular formula is C24H29N3O. The number of carbonyl (C=O) groups is 1. The van der Waals surface area contributed by atoms with Crippen molar-refractivity contribution in [1.29, 1.82) is 0 Å². The third kappa shape index (κ3) is 4.33. The fourth-order valence-electron chi connectivity index (χ4n) is 3.11. The second-order valence-electron chi connectivity index (χ2n) is 8.63. The first-order valence-corrected chi connectivity index (χ1v) is 9.67. The Hall–Kier alpha value is -2.88. The minimum atomic E-state index is -0.113. The molecule has 28 heavy (non-hydrogen) atoms. The quantitative estimate of drug-likeness (QED) is 0.671. The number of aromatic nitrogens is 2. The summed E-state index contributed by atoms with van der Waals surface area (Å²) in [7, 11) is 0. The van der Waals surface area contributed by atoms with E-state index in [2.05, 4.69) is 75.3 Å². The van der Waals surface area contributed by atoms with E-state index in [1.165, 1.54) is 16.7 Å². The number of hydrogen-bond acceptors (Lipinski definition) is 2. The van der Waals surface area contributed by atoms with Gasteiger partial charge in [0, 0.05) is 11.7 Å². The van der Waals surface area contributed by atoms with Crippen molar-refractivity contribution in [2.75, 3.05) is 0 Å². The van der Waals surface area contributed by atoms with Crippen LogP contribution in [0.1, 0.15) is 49.3 Å². The van der Waals surface area contributed by atoms with E-state index in [1.54, 1.807) is 12.5 Å². The predicted octanol–water partition coefficient (Wildman–Crippen LogP) is 5.32. The van der Waals surface area contributed by atoms with Gasteiger partial charge in [-0.25, -0.2) is 4.98 Å². The highest BCUT2D eigenvalue weighted by atomic mass is 16.2. The van der Waals surface area contributed by atoms with E-state index < -0.39 is 0 Å². The van der Waals surface area contributed by atoms with E-state index in [1.807, 2.05) is 23.6 Å². The average molecular weight is 376 g/mol. The van der Waals surface area contributed by atoms with Crippen LogP contribution in [0.3, 0.4) is 0 Å². The highest BCUT2D eigenvalue weighted by Crippen LogP contribution is 2.24. The van der Waals surface area contributed by atoms with Gasteiger partial charge >= 0.3 is 0 Å². The van der Waals surface area contributed by atoms with E-state index in [4.69, 9.17) is 0 Å². The number of rotatable bonds is 4. The lowest BCUT2D eigenvalue weighted by Gasteiger charge is -2.28. The number of hydrogen-bond donors (Lipinski definition) is 1. The van der Waals surface area contributed by atoms with Crippen LogP contribution in [0.15, 0.2) is 55.0 Å². The van der Waals surface area contributed by atoms with Crippen LogP contribution in [0.5, 0.6) is 0 Å². The first kappa shape index (κ1) is 19.9. The largest absolute Gasteiger partial charge is 0.348 e. The molecule has 146 valence electrons. The molecule has 4 heteroatoms. The standard InChI is InChI=1S/C24H29N3O/c1-16-11-17(2)13-20(12-16)19-7-9-21(10-8-19)27-15-25-14-22(27)23(28)26-18(3)24(4,5)6/h7-15,18H,1-6H3,(H,26,28)/t18-/m0/s1. The molecule has 1 N–H and O–H groups in total. The van der Waals surface area contributed by atoms with Gasteiger partial charge in [0.25, 0.3) is 5.91 Å². The van der Waals surface area contributed by atoms with Crippen LogP contribution in [0.25, 0.3) is 16.8 Å². The van der Waals surface area contributed by atoms with Crippen LogP contribution in [-0.2, 0) is 0 Å². The van der Waals surface area contributed by atoms with Gasteiger partial charge in [0.1, 0.15) is 5.69 Å². The Balaban J connectivity index is 1.86. The van der Waals surface area contributed by atoms with Crippen molar-refractivity contribution in [3.8, 4) is 16.8 Å². The Morgan fingerprint density at radius 3 is 2.18 bits per heavy atom. The van der Waals surface area contributed by atoms with Crippen molar-refractivity contribution in [3.05, 3.63) is 71.8 Å². The third-order valence-electron chi connectivity index (χ3n) is 5.22. The first-order chi connectivity index (χ1) is 13.1. The smallest absolute Gasteiger partial charge is 0.270 e. The van der Waals surface area contributed by atoms with Crippen LogP contribution in [-0.4, -0.2) is 21.5 Å². The van der Waals surface area contributed by atoms with Gasteiger partial charge in [0.15, 0.2) is 0 Å². The van der Waals surface area contributed by atoms with Crippen LogP contribution < -0.4 is 5.32 Å². The highest BCUT2D eigenvalue weighted by Gasteiger charge is 2.23. The van der Waals surface area contributed by atoms with E-state index in [0.29, 0.717) is 5.69 Å². The van der Waals surface area contributed by atoms with Crippen molar-refractivity contribution in [3.63, 3.8) is 0 Å². The molecule has 1 amide bonds. The Bertz CT molecular complexity index is 958. The van der Waals surface area contributed by atoms with Crippen molar-refractivity contribution in [1.82, 2.24) is 14.9 Å². The number of aryl methyl sites for hydroxylation is 2. The van der Waals surface area contributed by atoms with Gasteiger partial charge in [-0.05, 0) is 49.4 Å². The Kier molecular flexibility index (Phi) is 5.41. The van der Waals surface area contributed by atoms with E-state index in [0.717, 1.165) is 11.3 Å². The minimum absolute atomic E-state index is 0.00585. The molecular weight excluding hydrogens is 346 g/mol. The van der Waals surface area contributed by atoms with E-state index in [9.17, 15) is 4.79 Å². The molecule has 0 aliphatic carbocycles. The summed E-state index contributed by atoms with van der Waals surface area (Å²) in [5.74, 6) is -0.113. The van der Waals surface area contributed by atoms with E-state index >= 15 is 0 Å². The fourth-order valence-corrected chi connectivity index (χ4v) is 3.11. The van der Waals surface area contributed by atoms with Crippen molar-refractivity contribution in [2.45, 2.75) is 47.6 Å². The molecule has 3 rings (SSSR count). The Labute approximate surface area is 167 Å². The maximum atomic E-state index is 12.7. The minimum Gasteiger partial charge on any atom is -0.348 e. The number of amides is 1. The maximum Gasteiger partial charge on any atom is 0.270 e. The number of nitrogens with one attached hydrogen (secondary N) is 1. The van der Waals surface area contributed by atoms with E-state index in [-0.39, 0.29) is 17.4 Å². The zero-order valence-electron chi connectivity index (χ0n) is 17.6. The lowest BCUT2D eigenvalue weighted by Crippen LogP contribution is -2.41. The monoisotopic (exact) mass is 375 g/mol. The molecule has 1 heterocycles. The molecule has 0 bridgehead atoms. The average Bonchev–Trinajstić information content (AvgIpc) is 3.10. The first-order valence-electron chi connectivity index (χ1n) is 9.67. The zero-order chi connectivity index (χ0) is 20.5. The normalized spacial score (nSPS) is 12.6. The van der Waals surface area contributed by atoms with Crippen molar-refractivity contribution >= 4 is 5.91 Å². The molecule has 4 nitrogen and oxygen atoms in total. The molecule has 2 aromatic carbocycles. The molecule has 0 fully saturated rings. The molecule has 0 aliphatic rings. The molecule has 0 spiro atoms. The summed E-state index contributed by atoms with van der Waals surface area (Å²) in [4.78, 5) is 16.9. The lowest BCUT2D eigenvalue weighted by molar-refractivity contribution is 0.0903. The molecule has 1 atom stereocenters. The van der Waals surface area contributed by atoms with Gasteiger partial charge < -0.3 is 5.32 Å². The summed E-state index contributed by atoms with van der Waals surface area (Å²) in [5, 5.41) is 3.08. The molecule has 0 saturated heterocycles. The van der Waals surface area contributed by atoms with Gasteiger partial charge in [0.05, 0.1) is 12.5 Å². The summed E-state index contributed by atoms with van der Waals surface area (Å²) < 4.78 is 1.83.